The first-order chi connectivity index (χ1) is 7.99. The van der Waals surface area contributed by atoms with Crippen LogP contribution >= 0.6 is 34.2 Å². The van der Waals surface area contributed by atoms with Gasteiger partial charge in [0.25, 0.3) is 0 Å². The van der Waals surface area contributed by atoms with E-state index in [0.717, 1.165) is 20.0 Å². The molecule has 0 aliphatic carbocycles. The number of aliphatic carboxylic acids is 1. The molecule has 0 aliphatic heterocycles. The number of carbonyl (C=O) groups is 1. The Morgan fingerprint density at radius 2 is 2.29 bits per heavy atom. The first-order valence-electron chi connectivity index (χ1n) is 4.92. The Labute approximate surface area is 116 Å². The van der Waals surface area contributed by atoms with Crippen LogP contribution in [0.15, 0.2) is 18.3 Å². The van der Waals surface area contributed by atoms with Gasteiger partial charge in [0.2, 0.25) is 0 Å². The standard InChI is InChI=1S/C11H10ClIN2O2/c12-6-2-7-5(1-9(14)11(16)17)4-15-10(7)8(13)3-6/h2-4,9,15H,1,14H2,(H,16,17)/t9-/m0/s1. The van der Waals surface area contributed by atoms with Crippen molar-refractivity contribution in [1.29, 1.82) is 0 Å². The number of nitrogens with one attached hydrogen (secondary N) is 1. The minimum absolute atomic E-state index is 0.283. The lowest BCUT2D eigenvalue weighted by molar-refractivity contribution is -0.138. The molecule has 0 unspecified atom stereocenters. The molecule has 0 spiro atoms. The maximum absolute atomic E-state index is 10.7. The van der Waals surface area contributed by atoms with Crippen molar-refractivity contribution in [3.63, 3.8) is 0 Å². The second-order valence-corrected chi connectivity index (χ2v) is 5.37. The SMILES string of the molecule is N[C@@H](Cc1c[nH]c2c(I)cc(Cl)cc12)C(=O)O. The third kappa shape index (κ3) is 2.56. The lowest BCUT2D eigenvalue weighted by Gasteiger charge is -2.05. The number of aromatic nitrogens is 1. The molecule has 0 amide bonds. The van der Waals surface area contributed by atoms with Crippen molar-refractivity contribution < 1.29 is 9.90 Å². The summed E-state index contributed by atoms with van der Waals surface area (Å²) in [5.74, 6) is -1.00. The summed E-state index contributed by atoms with van der Waals surface area (Å²) in [6, 6.07) is 2.77. The quantitative estimate of drug-likeness (QED) is 0.732. The third-order valence-electron chi connectivity index (χ3n) is 2.55. The fourth-order valence-corrected chi connectivity index (χ4v) is 2.89. The highest BCUT2D eigenvalue weighted by Gasteiger charge is 2.15. The molecule has 2 rings (SSSR count). The van der Waals surface area contributed by atoms with Crippen LogP contribution in [0.25, 0.3) is 10.9 Å². The van der Waals surface area contributed by atoms with Gasteiger partial charge in [-0.05, 0) is 40.3 Å². The van der Waals surface area contributed by atoms with Crippen LogP contribution < -0.4 is 5.73 Å². The molecule has 4 N–H and O–H groups in total. The number of nitrogens with two attached hydrogens (primary N) is 1. The molecular formula is C11H10ClIN2O2. The number of H-pyrrole nitrogens is 1. The summed E-state index contributed by atoms with van der Waals surface area (Å²) in [7, 11) is 0. The van der Waals surface area contributed by atoms with Gasteiger partial charge in [-0.25, -0.2) is 0 Å². The van der Waals surface area contributed by atoms with Crippen molar-refractivity contribution in [3.05, 3.63) is 32.5 Å². The molecule has 0 saturated carbocycles. The Balaban J connectivity index is 2.45. The number of hydrogen-bond donors (Lipinski definition) is 3. The molecule has 6 heteroatoms. The third-order valence-corrected chi connectivity index (χ3v) is 3.62. The zero-order valence-corrected chi connectivity index (χ0v) is 11.6. The highest BCUT2D eigenvalue weighted by molar-refractivity contribution is 14.1. The molecule has 4 nitrogen and oxygen atoms in total. The van der Waals surface area contributed by atoms with Gasteiger partial charge in [0, 0.05) is 26.6 Å². The van der Waals surface area contributed by atoms with E-state index in [1.54, 1.807) is 6.20 Å². The van der Waals surface area contributed by atoms with Crippen LogP contribution in [0.5, 0.6) is 0 Å². The monoisotopic (exact) mass is 364 g/mol. The molecule has 0 bridgehead atoms. The minimum atomic E-state index is -1.00. The Morgan fingerprint density at radius 1 is 1.59 bits per heavy atom. The van der Waals surface area contributed by atoms with Crippen LogP contribution in [0.4, 0.5) is 0 Å². The number of aromatic amines is 1. The van der Waals surface area contributed by atoms with Gasteiger partial charge in [-0.2, -0.15) is 0 Å². The Hall–Kier alpha value is -0.790. The van der Waals surface area contributed by atoms with Crippen LogP contribution in [0.2, 0.25) is 5.02 Å². The molecule has 0 aliphatic rings. The van der Waals surface area contributed by atoms with Crippen molar-refractivity contribution >= 4 is 51.1 Å². The lowest BCUT2D eigenvalue weighted by atomic mass is 10.1. The van der Waals surface area contributed by atoms with Gasteiger partial charge in [0.1, 0.15) is 6.04 Å². The van der Waals surface area contributed by atoms with Crippen LogP contribution in [-0.4, -0.2) is 22.1 Å². The second kappa shape index (κ2) is 4.83. The van der Waals surface area contributed by atoms with E-state index in [1.807, 2.05) is 12.1 Å². The average Bonchev–Trinajstić information content (AvgIpc) is 2.61. The van der Waals surface area contributed by atoms with Crippen LogP contribution in [0.1, 0.15) is 5.56 Å². The fraction of sp³-hybridized carbons (Fsp3) is 0.182. The van der Waals surface area contributed by atoms with Crippen molar-refractivity contribution in [2.75, 3.05) is 0 Å². The Kier molecular flexibility index (Phi) is 3.60. The summed E-state index contributed by atoms with van der Waals surface area (Å²) in [6.07, 6.45) is 2.07. The number of rotatable bonds is 3. The summed E-state index contributed by atoms with van der Waals surface area (Å²) < 4.78 is 1.00. The van der Waals surface area contributed by atoms with E-state index in [1.165, 1.54) is 0 Å². The summed E-state index contributed by atoms with van der Waals surface area (Å²) in [6.45, 7) is 0. The molecule has 1 atom stereocenters. The Morgan fingerprint density at radius 3 is 2.94 bits per heavy atom. The predicted octanol–water partition coefficient (Wildman–Crippen LogP) is 2.38. The molecule has 0 saturated heterocycles. The first kappa shape index (κ1) is 12.7. The summed E-state index contributed by atoms with van der Waals surface area (Å²) in [4.78, 5) is 13.8. The summed E-state index contributed by atoms with van der Waals surface area (Å²) in [5.41, 5.74) is 7.36. The maximum atomic E-state index is 10.7. The smallest absolute Gasteiger partial charge is 0.320 e. The van der Waals surface area contributed by atoms with Crippen molar-refractivity contribution in [2.24, 2.45) is 5.73 Å². The normalized spacial score (nSPS) is 12.9. The van der Waals surface area contributed by atoms with Crippen molar-refractivity contribution in [1.82, 2.24) is 4.98 Å². The van der Waals surface area contributed by atoms with E-state index >= 15 is 0 Å². The lowest BCUT2D eigenvalue weighted by Crippen LogP contribution is -2.32. The van der Waals surface area contributed by atoms with Crippen molar-refractivity contribution in [2.45, 2.75) is 12.5 Å². The van der Waals surface area contributed by atoms with Gasteiger partial charge in [-0.1, -0.05) is 11.6 Å². The maximum Gasteiger partial charge on any atom is 0.320 e. The largest absolute Gasteiger partial charge is 0.480 e. The highest BCUT2D eigenvalue weighted by Crippen LogP contribution is 2.27. The highest BCUT2D eigenvalue weighted by atomic mass is 127. The minimum Gasteiger partial charge on any atom is -0.480 e. The number of halogens is 2. The van der Waals surface area contributed by atoms with Crippen LogP contribution in [0, 0.1) is 3.57 Å². The second-order valence-electron chi connectivity index (χ2n) is 3.77. The van der Waals surface area contributed by atoms with E-state index in [2.05, 4.69) is 27.6 Å². The summed E-state index contributed by atoms with van der Waals surface area (Å²) >= 11 is 8.17. The molecule has 0 radical (unpaired) electrons. The van der Waals surface area contributed by atoms with Gasteiger partial charge in [-0.3, -0.25) is 4.79 Å². The van der Waals surface area contributed by atoms with E-state index in [0.29, 0.717) is 5.02 Å². The first-order valence-corrected chi connectivity index (χ1v) is 6.38. The number of carboxylic acid groups (broad SMARTS) is 1. The average molecular weight is 365 g/mol. The van der Waals surface area contributed by atoms with E-state index < -0.39 is 12.0 Å². The van der Waals surface area contributed by atoms with Crippen LogP contribution in [-0.2, 0) is 11.2 Å². The van der Waals surface area contributed by atoms with E-state index in [9.17, 15) is 4.79 Å². The van der Waals surface area contributed by atoms with Gasteiger partial charge in [-0.15, -0.1) is 0 Å². The summed E-state index contributed by atoms with van der Waals surface area (Å²) in [5, 5.41) is 10.4. The molecular weight excluding hydrogens is 354 g/mol. The van der Waals surface area contributed by atoms with Gasteiger partial charge in [0.05, 0.1) is 5.52 Å². The molecule has 1 aromatic heterocycles. The molecule has 2 aromatic rings. The number of benzene rings is 1. The Bertz CT molecular complexity index is 582. The van der Waals surface area contributed by atoms with E-state index in [4.69, 9.17) is 22.4 Å². The molecule has 1 aromatic carbocycles. The fourth-order valence-electron chi connectivity index (χ4n) is 1.70. The number of hydrogen-bond acceptors (Lipinski definition) is 2. The zero-order valence-electron chi connectivity index (χ0n) is 8.71. The number of fused-ring (bicyclic) bond motifs is 1. The predicted molar refractivity (Wildman–Crippen MR) is 75.3 cm³/mol. The molecule has 1 heterocycles. The zero-order chi connectivity index (χ0) is 12.6. The molecule has 0 fully saturated rings. The van der Waals surface area contributed by atoms with Crippen LogP contribution in [0.3, 0.4) is 0 Å². The van der Waals surface area contributed by atoms with Crippen molar-refractivity contribution in [3.8, 4) is 0 Å². The van der Waals surface area contributed by atoms with Gasteiger partial charge < -0.3 is 15.8 Å². The van der Waals surface area contributed by atoms with E-state index in [-0.39, 0.29) is 6.42 Å². The molecule has 90 valence electrons. The van der Waals surface area contributed by atoms with Gasteiger partial charge in [0.15, 0.2) is 0 Å². The molecule has 17 heavy (non-hydrogen) atoms. The number of carboxylic acids is 1. The van der Waals surface area contributed by atoms with Gasteiger partial charge >= 0.3 is 5.97 Å². The topological polar surface area (TPSA) is 79.1 Å².